The smallest absolute Gasteiger partial charge is 0.315 e. The Kier molecular flexibility index (Phi) is 3.39. The van der Waals surface area contributed by atoms with E-state index in [1.165, 1.54) is 6.08 Å². The highest BCUT2D eigenvalue weighted by atomic mass is 32.1. The van der Waals surface area contributed by atoms with E-state index in [0.717, 1.165) is 0 Å². The van der Waals surface area contributed by atoms with Gasteiger partial charge in [-0.15, -0.1) is 5.10 Å². The van der Waals surface area contributed by atoms with Crippen molar-refractivity contribution in [3.63, 3.8) is 0 Å². The third-order valence-corrected chi connectivity index (χ3v) is 1.31. The zero-order valence-corrected chi connectivity index (χ0v) is 7.60. The maximum Gasteiger partial charge on any atom is 0.315 e. The summed E-state index contributed by atoms with van der Waals surface area (Å²) < 4.78 is 9.56. The fourth-order valence-corrected chi connectivity index (χ4v) is 0.804. The summed E-state index contributed by atoms with van der Waals surface area (Å²) in [5.41, 5.74) is 0. The van der Waals surface area contributed by atoms with E-state index in [-0.39, 0.29) is 23.8 Å². The molecule has 5 nitrogen and oxygen atoms in total. The standard InChI is InChI=1S/C7H8N2O3S/c1-2-3-11-6(10)4-5-8-9-7(13)12-5/h2H,1,3-4H2,(H,9,13). The van der Waals surface area contributed by atoms with E-state index in [2.05, 4.69) is 29.0 Å². The molecular formula is C7H8N2O3S. The monoisotopic (exact) mass is 200 g/mol. The van der Waals surface area contributed by atoms with Crippen LogP contribution in [-0.2, 0) is 16.0 Å². The summed E-state index contributed by atoms with van der Waals surface area (Å²) in [6.45, 7) is 3.59. The summed E-state index contributed by atoms with van der Waals surface area (Å²) in [7, 11) is 0. The Labute approximate surface area is 79.4 Å². The first-order valence-electron chi connectivity index (χ1n) is 3.53. The average Bonchev–Trinajstić information content (AvgIpc) is 2.48. The Morgan fingerprint density at radius 1 is 1.85 bits per heavy atom. The molecule has 1 N–H and O–H groups in total. The lowest BCUT2D eigenvalue weighted by molar-refractivity contribution is -0.141. The predicted octanol–water partition coefficient (Wildman–Crippen LogP) is 1.00. The van der Waals surface area contributed by atoms with Gasteiger partial charge in [0.1, 0.15) is 13.0 Å². The summed E-state index contributed by atoms with van der Waals surface area (Å²) in [6.07, 6.45) is 1.46. The van der Waals surface area contributed by atoms with E-state index < -0.39 is 5.97 Å². The molecule has 0 spiro atoms. The van der Waals surface area contributed by atoms with E-state index in [4.69, 9.17) is 9.15 Å². The van der Waals surface area contributed by atoms with Crippen molar-refractivity contribution in [3.05, 3.63) is 23.4 Å². The van der Waals surface area contributed by atoms with Crippen LogP contribution in [0.3, 0.4) is 0 Å². The number of aromatic nitrogens is 2. The molecule has 0 saturated heterocycles. The fraction of sp³-hybridized carbons (Fsp3) is 0.286. The third-order valence-electron chi connectivity index (χ3n) is 1.14. The van der Waals surface area contributed by atoms with Crippen molar-refractivity contribution in [1.82, 2.24) is 10.2 Å². The second-order valence-corrected chi connectivity index (χ2v) is 2.53. The topological polar surface area (TPSA) is 68.1 Å². The molecule has 0 amide bonds. The molecule has 0 atom stereocenters. The van der Waals surface area contributed by atoms with Crippen molar-refractivity contribution in [1.29, 1.82) is 0 Å². The second-order valence-electron chi connectivity index (χ2n) is 2.16. The van der Waals surface area contributed by atoms with Crippen molar-refractivity contribution in [2.24, 2.45) is 0 Å². The highest BCUT2D eigenvalue weighted by Gasteiger charge is 2.08. The normalized spacial score (nSPS) is 9.54. The number of nitrogens with zero attached hydrogens (tertiary/aromatic N) is 1. The number of nitrogens with one attached hydrogen (secondary N) is 1. The number of carbonyl (C=O) groups is 1. The number of ether oxygens (including phenoxy) is 1. The summed E-state index contributed by atoms with van der Waals surface area (Å²) >= 11 is 4.62. The van der Waals surface area contributed by atoms with Crippen LogP contribution in [0.2, 0.25) is 0 Å². The Balaban J connectivity index is 2.45. The highest BCUT2D eigenvalue weighted by molar-refractivity contribution is 7.71. The number of H-pyrrole nitrogens is 1. The largest absolute Gasteiger partial charge is 0.461 e. The molecular weight excluding hydrogens is 192 g/mol. The summed E-state index contributed by atoms with van der Waals surface area (Å²) in [5, 5.41) is 6.04. The van der Waals surface area contributed by atoms with Crippen molar-refractivity contribution < 1.29 is 13.9 Å². The van der Waals surface area contributed by atoms with Gasteiger partial charge in [-0.2, -0.15) is 0 Å². The van der Waals surface area contributed by atoms with Crippen LogP contribution in [0.5, 0.6) is 0 Å². The van der Waals surface area contributed by atoms with E-state index in [9.17, 15) is 4.79 Å². The maximum atomic E-state index is 11.0. The number of hydrogen-bond donors (Lipinski definition) is 1. The molecule has 0 saturated carbocycles. The van der Waals surface area contributed by atoms with Gasteiger partial charge in [0.25, 0.3) is 4.84 Å². The molecule has 70 valence electrons. The van der Waals surface area contributed by atoms with Crippen molar-refractivity contribution in [2.75, 3.05) is 6.61 Å². The maximum absolute atomic E-state index is 11.0. The number of esters is 1. The third kappa shape index (κ3) is 3.20. The number of carbonyl (C=O) groups excluding carboxylic acids is 1. The summed E-state index contributed by atoms with van der Waals surface area (Å²) in [4.78, 5) is 11.1. The lowest BCUT2D eigenvalue weighted by Crippen LogP contribution is -2.07. The predicted molar refractivity (Wildman–Crippen MR) is 46.5 cm³/mol. The zero-order valence-electron chi connectivity index (χ0n) is 6.78. The first-order chi connectivity index (χ1) is 6.22. The van der Waals surface area contributed by atoms with Crippen molar-refractivity contribution in [2.45, 2.75) is 6.42 Å². The lowest BCUT2D eigenvalue weighted by Gasteiger charge is -1.96. The number of hydrogen-bond acceptors (Lipinski definition) is 5. The van der Waals surface area contributed by atoms with Crippen molar-refractivity contribution >= 4 is 18.2 Å². The minimum Gasteiger partial charge on any atom is -0.461 e. The van der Waals surface area contributed by atoms with Gasteiger partial charge in [-0.25, -0.2) is 5.10 Å². The zero-order chi connectivity index (χ0) is 9.68. The van der Waals surface area contributed by atoms with Crippen LogP contribution in [0.15, 0.2) is 17.1 Å². The molecule has 0 radical (unpaired) electrons. The quantitative estimate of drug-likeness (QED) is 0.446. The van der Waals surface area contributed by atoms with E-state index in [1.54, 1.807) is 0 Å². The van der Waals surface area contributed by atoms with Gasteiger partial charge in [-0.3, -0.25) is 4.79 Å². The molecule has 0 aliphatic rings. The Morgan fingerprint density at radius 3 is 3.15 bits per heavy atom. The highest BCUT2D eigenvalue weighted by Crippen LogP contribution is 1.97. The van der Waals surface area contributed by atoms with Crippen LogP contribution in [0.1, 0.15) is 5.89 Å². The number of rotatable bonds is 4. The molecule has 0 aromatic carbocycles. The van der Waals surface area contributed by atoms with E-state index in [1.807, 2.05) is 0 Å². The van der Waals surface area contributed by atoms with Crippen LogP contribution in [0, 0.1) is 4.84 Å². The molecule has 6 heteroatoms. The summed E-state index contributed by atoms with van der Waals surface area (Å²) in [6, 6.07) is 0. The van der Waals surface area contributed by atoms with E-state index in [0.29, 0.717) is 0 Å². The Bertz CT molecular complexity index is 355. The molecule has 1 aromatic heterocycles. The van der Waals surface area contributed by atoms with E-state index >= 15 is 0 Å². The van der Waals surface area contributed by atoms with Gasteiger partial charge in [0, 0.05) is 0 Å². The Hall–Kier alpha value is -1.43. The van der Waals surface area contributed by atoms with Crippen LogP contribution in [-0.4, -0.2) is 22.8 Å². The van der Waals surface area contributed by atoms with Gasteiger partial charge < -0.3 is 9.15 Å². The number of aromatic amines is 1. The second kappa shape index (κ2) is 4.56. The van der Waals surface area contributed by atoms with Gasteiger partial charge >= 0.3 is 5.97 Å². The molecule has 0 aliphatic heterocycles. The van der Waals surface area contributed by atoms with Gasteiger partial charge in [0.15, 0.2) is 0 Å². The molecule has 0 fully saturated rings. The molecule has 1 rings (SSSR count). The summed E-state index contributed by atoms with van der Waals surface area (Å²) in [5.74, 6) is -0.204. The molecule has 0 unspecified atom stereocenters. The molecule has 0 aliphatic carbocycles. The van der Waals surface area contributed by atoms with Gasteiger partial charge in [-0.05, 0) is 12.2 Å². The first-order valence-corrected chi connectivity index (χ1v) is 3.94. The minimum absolute atomic E-state index is 0.0268. The van der Waals surface area contributed by atoms with Crippen molar-refractivity contribution in [3.8, 4) is 0 Å². The average molecular weight is 200 g/mol. The molecule has 0 bridgehead atoms. The van der Waals surface area contributed by atoms with Gasteiger partial charge in [-0.1, -0.05) is 12.7 Å². The first kappa shape index (κ1) is 9.66. The van der Waals surface area contributed by atoms with Crippen LogP contribution >= 0.6 is 12.2 Å². The minimum atomic E-state index is -0.426. The van der Waals surface area contributed by atoms with Gasteiger partial charge in [0.05, 0.1) is 0 Å². The van der Waals surface area contributed by atoms with Crippen LogP contribution in [0.4, 0.5) is 0 Å². The van der Waals surface area contributed by atoms with Crippen LogP contribution < -0.4 is 0 Å². The Morgan fingerprint density at radius 2 is 2.62 bits per heavy atom. The molecule has 1 heterocycles. The lowest BCUT2D eigenvalue weighted by atomic mass is 10.4. The SMILES string of the molecule is C=CCOC(=O)Cc1n[nH]c(=S)o1. The molecule has 13 heavy (non-hydrogen) atoms. The molecule has 1 aromatic rings. The fourth-order valence-electron chi connectivity index (χ4n) is 0.663. The van der Waals surface area contributed by atoms with Gasteiger partial charge in [0.2, 0.25) is 5.89 Å². The van der Waals surface area contributed by atoms with Crippen LogP contribution in [0.25, 0.3) is 0 Å².